The van der Waals surface area contributed by atoms with Crippen LogP contribution in [0.2, 0.25) is 0 Å². The van der Waals surface area contributed by atoms with Gasteiger partial charge in [-0.15, -0.1) is 0 Å². The molecule has 4 aromatic carbocycles. The summed E-state index contributed by atoms with van der Waals surface area (Å²) in [6.07, 6.45) is 0.250. The van der Waals surface area contributed by atoms with E-state index >= 15 is 0 Å². The predicted octanol–water partition coefficient (Wildman–Crippen LogP) is 5.63. The topological polar surface area (TPSA) is 52.6 Å². The van der Waals surface area contributed by atoms with Crippen LogP contribution in [0.3, 0.4) is 0 Å². The van der Waals surface area contributed by atoms with Gasteiger partial charge in [-0.05, 0) is 50.7 Å². The summed E-state index contributed by atoms with van der Waals surface area (Å²) in [5.74, 6) is -0.747. The van der Waals surface area contributed by atoms with Crippen molar-refractivity contribution in [3.8, 4) is 0 Å². The number of benzene rings is 4. The summed E-state index contributed by atoms with van der Waals surface area (Å²) < 4.78 is 11.4. The van der Waals surface area contributed by atoms with Crippen molar-refractivity contribution in [1.29, 1.82) is 0 Å². The first-order valence-electron chi connectivity index (χ1n) is 10.2. The molecule has 0 radical (unpaired) electrons. The molecule has 5 rings (SSSR count). The number of hydrogen-bond donors (Lipinski definition) is 0. The zero-order valence-corrected chi connectivity index (χ0v) is 17.0. The summed E-state index contributed by atoms with van der Waals surface area (Å²) >= 11 is 0. The standard InChI is InChI=1S/C26H22O4/c1-15(27)29-23-14-13-22-24-18-8-4-3-7-17(18)11-12-21(24)19-9-5-6-10-20(19)25(22)26(23)30-16(2)28/h3-12,23,26H,13-14H2,1-2H3/t23-,26+/m0/s1. The van der Waals surface area contributed by atoms with Gasteiger partial charge in [0.25, 0.3) is 0 Å². The number of esters is 2. The predicted molar refractivity (Wildman–Crippen MR) is 117 cm³/mol. The van der Waals surface area contributed by atoms with Crippen molar-refractivity contribution in [3.05, 3.63) is 71.8 Å². The van der Waals surface area contributed by atoms with Gasteiger partial charge in [-0.1, -0.05) is 60.7 Å². The molecule has 0 saturated heterocycles. The minimum atomic E-state index is -0.622. The molecule has 0 amide bonds. The molecule has 0 bridgehead atoms. The van der Waals surface area contributed by atoms with Gasteiger partial charge in [0.2, 0.25) is 0 Å². The van der Waals surface area contributed by atoms with E-state index in [0.717, 1.165) is 22.8 Å². The summed E-state index contributed by atoms with van der Waals surface area (Å²) in [7, 11) is 0. The van der Waals surface area contributed by atoms with E-state index < -0.39 is 12.2 Å². The minimum absolute atomic E-state index is 0.365. The second-order valence-corrected chi connectivity index (χ2v) is 7.86. The van der Waals surface area contributed by atoms with E-state index in [4.69, 9.17) is 9.47 Å². The highest BCUT2D eigenvalue weighted by atomic mass is 16.6. The van der Waals surface area contributed by atoms with E-state index in [2.05, 4.69) is 42.5 Å². The maximum absolute atomic E-state index is 12.0. The fourth-order valence-electron chi connectivity index (χ4n) is 4.93. The SMILES string of the molecule is CC(=O)O[C@H]1CCc2c(c3ccccc3c3ccc4ccccc4c23)[C@@H]1OC(C)=O. The fraction of sp³-hybridized carbons (Fsp3) is 0.231. The van der Waals surface area contributed by atoms with Crippen LogP contribution in [-0.2, 0) is 25.5 Å². The van der Waals surface area contributed by atoms with Crippen molar-refractivity contribution >= 4 is 44.3 Å². The van der Waals surface area contributed by atoms with Crippen molar-refractivity contribution in [2.24, 2.45) is 0 Å². The average Bonchev–Trinajstić information content (AvgIpc) is 2.74. The lowest BCUT2D eigenvalue weighted by Gasteiger charge is -2.34. The molecule has 0 heterocycles. The molecular formula is C26H22O4. The van der Waals surface area contributed by atoms with E-state index in [1.165, 1.54) is 41.0 Å². The van der Waals surface area contributed by atoms with Gasteiger partial charge in [0.05, 0.1) is 0 Å². The molecule has 0 aromatic heterocycles. The largest absolute Gasteiger partial charge is 0.458 e. The fourth-order valence-corrected chi connectivity index (χ4v) is 4.93. The number of aryl methyl sites for hydroxylation is 1. The molecule has 0 spiro atoms. The molecular weight excluding hydrogens is 376 g/mol. The van der Waals surface area contributed by atoms with Crippen LogP contribution in [0.4, 0.5) is 0 Å². The Morgan fingerprint density at radius 3 is 2.17 bits per heavy atom. The van der Waals surface area contributed by atoms with Gasteiger partial charge in [-0.25, -0.2) is 0 Å². The lowest BCUT2D eigenvalue weighted by molar-refractivity contribution is -0.167. The second-order valence-electron chi connectivity index (χ2n) is 7.86. The molecule has 0 aliphatic heterocycles. The van der Waals surface area contributed by atoms with Crippen LogP contribution in [0.15, 0.2) is 60.7 Å². The van der Waals surface area contributed by atoms with E-state index in [1.807, 2.05) is 18.2 Å². The molecule has 1 aliphatic rings. The molecule has 4 heteroatoms. The summed E-state index contributed by atoms with van der Waals surface area (Å²) in [5.41, 5.74) is 2.14. The Morgan fingerprint density at radius 2 is 1.43 bits per heavy atom. The Morgan fingerprint density at radius 1 is 0.767 bits per heavy atom. The van der Waals surface area contributed by atoms with Crippen LogP contribution in [0.25, 0.3) is 32.3 Å². The van der Waals surface area contributed by atoms with E-state index in [1.54, 1.807) is 0 Å². The van der Waals surface area contributed by atoms with Crippen molar-refractivity contribution in [3.63, 3.8) is 0 Å². The molecule has 0 saturated carbocycles. The molecule has 4 aromatic rings. The number of carbonyl (C=O) groups excluding carboxylic acids is 2. The zero-order valence-electron chi connectivity index (χ0n) is 17.0. The molecule has 30 heavy (non-hydrogen) atoms. The molecule has 2 atom stereocenters. The Bertz CT molecular complexity index is 1320. The number of carbonyl (C=O) groups is 2. The number of hydrogen-bond acceptors (Lipinski definition) is 4. The van der Waals surface area contributed by atoms with Crippen LogP contribution in [-0.4, -0.2) is 18.0 Å². The maximum atomic E-state index is 12.0. The van der Waals surface area contributed by atoms with Crippen molar-refractivity contribution in [1.82, 2.24) is 0 Å². The highest BCUT2D eigenvalue weighted by Crippen LogP contribution is 2.45. The number of fused-ring (bicyclic) bond motifs is 8. The van der Waals surface area contributed by atoms with Crippen LogP contribution in [0.5, 0.6) is 0 Å². The molecule has 150 valence electrons. The normalized spacial score (nSPS) is 18.3. The molecule has 0 N–H and O–H groups in total. The quantitative estimate of drug-likeness (QED) is 0.324. The second kappa shape index (κ2) is 7.13. The first-order valence-corrected chi connectivity index (χ1v) is 10.2. The zero-order chi connectivity index (χ0) is 20.8. The molecule has 4 nitrogen and oxygen atoms in total. The monoisotopic (exact) mass is 398 g/mol. The first-order chi connectivity index (χ1) is 14.5. The average molecular weight is 398 g/mol. The Labute approximate surface area is 174 Å². The minimum Gasteiger partial charge on any atom is -0.458 e. The number of ether oxygens (including phenoxy) is 2. The summed E-state index contributed by atoms with van der Waals surface area (Å²) in [4.78, 5) is 23.7. The van der Waals surface area contributed by atoms with Crippen LogP contribution >= 0.6 is 0 Å². The van der Waals surface area contributed by atoms with E-state index in [-0.39, 0.29) is 11.9 Å². The third-order valence-corrected chi connectivity index (χ3v) is 5.97. The maximum Gasteiger partial charge on any atom is 0.303 e. The smallest absolute Gasteiger partial charge is 0.303 e. The van der Waals surface area contributed by atoms with Gasteiger partial charge < -0.3 is 9.47 Å². The summed E-state index contributed by atoms with van der Waals surface area (Å²) in [6.45, 7) is 2.80. The highest BCUT2D eigenvalue weighted by molar-refractivity contribution is 6.20. The van der Waals surface area contributed by atoms with Crippen molar-refractivity contribution in [2.45, 2.75) is 38.9 Å². The molecule has 1 aliphatic carbocycles. The third kappa shape index (κ3) is 2.91. The van der Waals surface area contributed by atoms with Gasteiger partial charge in [0.15, 0.2) is 6.10 Å². The third-order valence-electron chi connectivity index (χ3n) is 5.97. The van der Waals surface area contributed by atoms with E-state index in [9.17, 15) is 9.59 Å². The van der Waals surface area contributed by atoms with Crippen LogP contribution in [0, 0.1) is 0 Å². The van der Waals surface area contributed by atoms with Gasteiger partial charge in [0.1, 0.15) is 6.10 Å². The lowest BCUT2D eigenvalue weighted by Crippen LogP contribution is -2.32. The van der Waals surface area contributed by atoms with Crippen molar-refractivity contribution in [2.75, 3.05) is 0 Å². The first kappa shape index (κ1) is 18.6. The Kier molecular flexibility index (Phi) is 4.43. The van der Waals surface area contributed by atoms with Gasteiger partial charge in [-0.2, -0.15) is 0 Å². The van der Waals surface area contributed by atoms with Crippen LogP contribution < -0.4 is 0 Å². The highest BCUT2D eigenvalue weighted by Gasteiger charge is 2.37. The molecule has 0 unspecified atom stereocenters. The van der Waals surface area contributed by atoms with Gasteiger partial charge in [0, 0.05) is 19.4 Å². The molecule has 0 fully saturated rings. The lowest BCUT2D eigenvalue weighted by atomic mass is 9.79. The van der Waals surface area contributed by atoms with Gasteiger partial charge >= 0.3 is 11.9 Å². The van der Waals surface area contributed by atoms with Crippen LogP contribution in [0.1, 0.15) is 37.5 Å². The summed E-state index contributed by atoms with van der Waals surface area (Å²) in [5, 5.41) is 6.89. The van der Waals surface area contributed by atoms with Gasteiger partial charge in [-0.3, -0.25) is 9.59 Å². The van der Waals surface area contributed by atoms with Crippen molar-refractivity contribution < 1.29 is 19.1 Å². The Balaban J connectivity index is 1.91. The van der Waals surface area contributed by atoms with E-state index in [0.29, 0.717) is 6.42 Å². The summed E-state index contributed by atoms with van der Waals surface area (Å²) in [6, 6.07) is 20.9. The number of rotatable bonds is 2. The Hall–Kier alpha value is -3.40.